The van der Waals surface area contributed by atoms with Gasteiger partial charge in [-0.1, -0.05) is 55.5 Å². The zero-order valence-electron chi connectivity index (χ0n) is 17.5. The van der Waals surface area contributed by atoms with Crippen LogP contribution in [0.1, 0.15) is 11.1 Å². The number of hydrogen-bond acceptors (Lipinski definition) is 1. The van der Waals surface area contributed by atoms with E-state index in [1.54, 1.807) is 0 Å². The van der Waals surface area contributed by atoms with Crippen molar-refractivity contribution in [3.05, 3.63) is 59.8 Å². The molecule has 140 valence electrons. The van der Waals surface area contributed by atoms with Gasteiger partial charge < -0.3 is 4.74 Å². The summed E-state index contributed by atoms with van der Waals surface area (Å²) in [4.78, 5) is 0. The molecule has 0 bridgehead atoms. The van der Waals surface area contributed by atoms with Gasteiger partial charge in [0.25, 0.3) is 0 Å². The van der Waals surface area contributed by atoms with Gasteiger partial charge in [-0.2, -0.15) is 0 Å². The van der Waals surface area contributed by atoms with Crippen LogP contribution in [0.2, 0.25) is 19.6 Å². The topological polar surface area (TPSA) is 13.1 Å². The summed E-state index contributed by atoms with van der Waals surface area (Å²) in [6, 6.07) is 15.4. The molecule has 4 aromatic rings. The maximum atomic E-state index is 6.71. The Morgan fingerprint density at radius 1 is 0.929 bits per heavy atom. The number of aryl methyl sites for hydroxylation is 3. The van der Waals surface area contributed by atoms with Crippen molar-refractivity contribution in [2.45, 2.75) is 33.5 Å². The molecule has 2 nitrogen and oxygen atoms in total. The first-order valence-corrected chi connectivity index (χ1v) is 13.4. The van der Waals surface area contributed by atoms with Crippen LogP contribution in [0.25, 0.3) is 32.8 Å². The highest BCUT2D eigenvalue weighted by Gasteiger charge is 2.36. The van der Waals surface area contributed by atoms with Gasteiger partial charge >= 0.3 is 0 Å². The number of fused-ring (bicyclic) bond motifs is 3. The summed E-state index contributed by atoms with van der Waals surface area (Å²) in [5.74, 6) is 2.05. The van der Waals surface area contributed by atoms with Crippen molar-refractivity contribution in [1.29, 1.82) is 0 Å². The van der Waals surface area contributed by atoms with Gasteiger partial charge in [0.1, 0.15) is 18.5 Å². The van der Waals surface area contributed by atoms with Gasteiger partial charge in [-0.3, -0.25) is 0 Å². The molecule has 0 saturated carbocycles. The Morgan fingerprint density at radius 3 is 2.46 bits per heavy atom. The maximum Gasteiger partial charge on any atom is 0.228 e. The van der Waals surface area contributed by atoms with Crippen LogP contribution in [0.15, 0.2) is 48.7 Å². The van der Waals surface area contributed by atoms with Gasteiger partial charge in [-0.15, -0.1) is 0 Å². The minimum atomic E-state index is -1.68. The van der Waals surface area contributed by atoms with Crippen LogP contribution in [-0.4, -0.2) is 8.07 Å². The van der Waals surface area contributed by atoms with Crippen LogP contribution in [-0.2, 0) is 7.05 Å². The summed E-state index contributed by atoms with van der Waals surface area (Å²) in [5, 5.41) is 6.59. The summed E-state index contributed by atoms with van der Waals surface area (Å²) < 4.78 is 8.97. The van der Waals surface area contributed by atoms with Crippen molar-refractivity contribution >= 4 is 34.8 Å². The molecule has 1 aliphatic rings. The number of hydrogen-bond donors (Lipinski definition) is 0. The van der Waals surface area contributed by atoms with Crippen LogP contribution in [0.3, 0.4) is 0 Å². The average Bonchev–Trinajstić information content (AvgIpc) is 2.62. The van der Waals surface area contributed by atoms with Crippen molar-refractivity contribution in [3.63, 3.8) is 0 Å². The highest BCUT2D eigenvalue weighted by atomic mass is 28.3. The third-order valence-corrected chi connectivity index (χ3v) is 8.00. The van der Waals surface area contributed by atoms with Crippen molar-refractivity contribution < 1.29 is 9.30 Å². The highest BCUT2D eigenvalue weighted by Crippen LogP contribution is 2.48. The fourth-order valence-corrected chi connectivity index (χ4v) is 6.63. The SMILES string of the molecule is Cc1ccc2c(C)c3c(c([Si](C)(C)C)c2c1)Oc1cccc2cc[n+](C)c-3c12. The molecule has 0 unspecified atom stereocenters. The van der Waals surface area contributed by atoms with E-state index in [1.807, 2.05) is 0 Å². The lowest BCUT2D eigenvalue weighted by molar-refractivity contribution is -0.659. The second-order valence-corrected chi connectivity index (χ2v) is 14.1. The molecule has 1 aromatic heterocycles. The van der Waals surface area contributed by atoms with E-state index >= 15 is 0 Å². The second-order valence-electron chi connectivity index (χ2n) is 9.10. The molecule has 3 heteroatoms. The fraction of sp³-hybridized carbons (Fsp3) is 0.240. The number of ether oxygens (including phenoxy) is 1. The lowest BCUT2D eigenvalue weighted by Crippen LogP contribution is -2.41. The lowest BCUT2D eigenvalue weighted by atomic mass is 9.91. The van der Waals surface area contributed by atoms with Gasteiger partial charge in [0.2, 0.25) is 5.69 Å². The van der Waals surface area contributed by atoms with Crippen LogP contribution in [0.4, 0.5) is 0 Å². The number of nitrogens with zero attached hydrogens (tertiary/aromatic N) is 1. The molecule has 0 N–H and O–H groups in total. The van der Waals surface area contributed by atoms with E-state index in [0.717, 1.165) is 11.5 Å². The molecular formula is C25H26NOSi+. The van der Waals surface area contributed by atoms with Crippen molar-refractivity contribution in [2.75, 3.05) is 0 Å². The summed E-state index contributed by atoms with van der Waals surface area (Å²) in [7, 11) is 0.467. The molecule has 0 saturated heterocycles. The molecule has 5 rings (SSSR count). The van der Waals surface area contributed by atoms with Gasteiger partial charge in [-0.25, -0.2) is 4.57 Å². The fourth-order valence-electron chi connectivity index (χ4n) is 4.76. The lowest BCUT2D eigenvalue weighted by Gasteiger charge is -2.29. The molecule has 0 aliphatic carbocycles. The Bertz CT molecular complexity index is 1300. The molecule has 2 heterocycles. The predicted octanol–water partition coefficient (Wildman–Crippen LogP) is 5.75. The number of benzene rings is 3. The molecule has 0 fully saturated rings. The van der Waals surface area contributed by atoms with Crippen molar-refractivity contribution in [1.82, 2.24) is 0 Å². The Labute approximate surface area is 167 Å². The quantitative estimate of drug-likeness (QED) is 0.265. The van der Waals surface area contributed by atoms with E-state index in [-0.39, 0.29) is 0 Å². The predicted molar refractivity (Wildman–Crippen MR) is 121 cm³/mol. The molecule has 0 radical (unpaired) electrons. The highest BCUT2D eigenvalue weighted by molar-refractivity contribution is 6.91. The van der Waals surface area contributed by atoms with Crippen molar-refractivity contribution in [3.8, 4) is 22.8 Å². The molecular weight excluding hydrogens is 358 g/mol. The molecule has 0 spiro atoms. The number of pyridine rings is 1. The van der Waals surface area contributed by atoms with Crippen molar-refractivity contribution in [2.24, 2.45) is 7.05 Å². The van der Waals surface area contributed by atoms with Gasteiger partial charge in [0.15, 0.2) is 6.20 Å². The van der Waals surface area contributed by atoms with Gasteiger partial charge in [0.05, 0.1) is 19.0 Å². The van der Waals surface area contributed by atoms with Crippen LogP contribution in [0.5, 0.6) is 11.5 Å². The molecule has 0 amide bonds. The van der Waals surface area contributed by atoms with E-state index in [2.05, 4.69) is 93.8 Å². The maximum absolute atomic E-state index is 6.71. The van der Waals surface area contributed by atoms with Crippen LogP contribution >= 0.6 is 0 Å². The Morgan fingerprint density at radius 2 is 1.71 bits per heavy atom. The first-order chi connectivity index (χ1) is 13.3. The van der Waals surface area contributed by atoms with Crippen LogP contribution < -0.4 is 14.5 Å². The molecule has 1 aliphatic heterocycles. The minimum Gasteiger partial charge on any atom is -0.456 e. The molecule has 3 aromatic carbocycles. The van der Waals surface area contributed by atoms with E-state index in [0.29, 0.717) is 0 Å². The Balaban J connectivity index is 2.06. The normalized spacial score (nSPS) is 12.9. The minimum absolute atomic E-state index is 0.974. The summed E-state index contributed by atoms with van der Waals surface area (Å²) >= 11 is 0. The van der Waals surface area contributed by atoms with E-state index < -0.39 is 8.07 Å². The average molecular weight is 385 g/mol. The monoisotopic (exact) mass is 384 g/mol. The Hall–Kier alpha value is -2.65. The second kappa shape index (κ2) is 5.68. The molecule has 0 atom stereocenters. The molecule has 28 heavy (non-hydrogen) atoms. The largest absolute Gasteiger partial charge is 0.456 e. The van der Waals surface area contributed by atoms with E-state index in [4.69, 9.17) is 4.74 Å². The summed E-state index contributed by atoms with van der Waals surface area (Å²) in [6.07, 6.45) is 2.17. The van der Waals surface area contributed by atoms with E-state index in [1.165, 1.54) is 49.1 Å². The zero-order chi connectivity index (χ0) is 19.8. The smallest absolute Gasteiger partial charge is 0.228 e. The van der Waals surface area contributed by atoms with Gasteiger partial charge in [-0.05, 0) is 46.8 Å². The first-order valence-electron chi connectivity index (χ1n) is 9.94. The number of aromatic nitrogens is 1. The van der Waals surface area contributed by atoms with E-state index in [9.17, 15) is 0 Å². The zero-order valence-corrected chi connectivity index (χ0v) is 18.5. The van der Waals surface area contributed by atoms with Gasteiger partial charge in [0, 0.05) is 6.07 Å². The summed E-state index contributed by atoms with van der Waals surface area (Å²) in [6.45, 7) is 11.7. The standard InChI is InChI=1S/C25H26NOSi/c1-15-10-11-18-16(2)21-23-22-17(12-13-26(23)3)8-7-9-20(22)27-24(21)25(19(18)14-15)28(4,5)6/h7-14H,1-6H3/q+1. The third kappa shape index (κ3) is 2.29. The number of rotatable bonds is 1. The first kappa shape index (κ1) is 17.4. The summed E-state index contributed by atoms with van der Waals surface area (Å²) in [5.41, 5.74) is 5.15. The third-order valence-electron chi connectivity index (χ3n) is 6.00. The van der Waals surface area contributed by atoms with Crippen LogP contribution in [0, 0.1) is 13.8 Å². The Kier molecular flexibility index (Phi) is 3.54.